The minimum absolute atomic E-state index is 0.122. The van der Waals surface area contributed by atoms with Crippen LogP contribution in [0.2, 0.25) is 0 Å². The fourth-order valence-corrected chi connectivity index (χ4v) is 1.79. The van der Waals surface area contributed by atoms with Gasteiger partial charge in [0.15, 0.2) is 5.57 Å². The first-order chi connectivity index (χ1) is 8.74. The van der Waals surface area contributed by atoms with Crippen LogP contribution in [-0.2, 0) is 9.53 Å². The zero-order valence-electron chi connectivity index (χ0n) is 9.32. The van der Waals surface area contributed by atoms with Gasteiger partial charge in [0.05, 0.1) is 6.61 Å². The molecule has 1 N–H and O–H groups in total. The van der Waals surface area contributed by atoms with E-state index < -0.39 is 5.97 Å². The van der Waals surface area contributed by atoms with Gasteiger partial charge in [-0.15, -0.1) is 15.3 Å². The number of ether oxygens (including phenoxy) is 1. The molecule has 0 aliphatic rings. The maximum absolute atomic E-state index is 11.3. The first-order valence-electron chi connectivity index (χ1n) is 4.95. The normalized spacial score (nSPS) is 11.2. The Morgan fingerprint density at radius 2 is 2.61 bits per heavy atom. The molecule has 2 rings (SSSR count). The lowest BCUT2D eigenvalue weighted by molar-refractivity contribution is -0.138. The molecule has 0 atom stereocenters. The second-order valence-corrected chi connectivity index (χ2v) is 3.96. The van der Waals surface area contributed by atoms with Crippen molar-refractivity contribution in [2.75, 3.05) is 11.9 Å². The Kier molecular flexibility index (Phi) is 3.49. The van der Waals surface area contributed by atoms with E-state index in [-0.39, 0.29) is 12.2 Å². The van der Waals surface area contributed by atoms with E-state index in [1.165, 1.54) is 28.4 Å². The van der Waals surface area contributed by atoms with Crippen molar-refractivity contribution in [1.82, 2.24) is 19.8 Å². The molecule has 0 saturated heterocycles. The van der Waals surface area contributed by atoms with Gasteiger partial charge in [-0.2, -0.15) is 9.78 Å². The second-order valence-electron chi connectivity index (χ2n) is 3.00. The summed E-state index contributed by atoms with van der Waals surface area (Å²) in [5.74, 6) is -0.671. The summed E-state index contributed by atoms with van der Waals surface area (Å²) < 4.78 is 6.20. The number of aromatic nitrogens is 4. The number of nitrogens with zero attached hydrogens (tertiary/aromatic N) is 5. The summed E-state index contributed by atoms with van der Waals surface area (Å²) in [4.78, 5) is 11.9. The van der Waals surface area contributed by atoms with Crippen LogP contribution in [0.3, 0.4) is 0 Å². The van der Waals surface area contributed by atoms with Crippen LogP contribution in [0.15, 0.2) is 18.1 Å². The van der Waals surface area contributed by atoms with Crippen molar-refractivity contribution in [3.63, 3.8) is 0 Å². The molecule has 0 aliphatic heterocycles. The summed E-state index contributed by atoms with van der Waals surface area (Å²) in [7, 11) is 0. The number of hydrogen-bond acceptors (Lipinski definition) is 8. The van der Waals surface area contributed by atoms with Gasteiger partial charge in [0.25, 0.3) is 0 Å². The molecule has 0 spiro atoms. The van der Waals surface area contributed by atoms with E-state index in [1.807, 2.05) is 0 Å². The van der Waals surface area contributed by atoms with Gasteiger partial charge in [-0.1, -0.05) is 11.3 Å². The predicted molar refractivity (Wildman–Crippen MR) is 62.6 cm³/mol. The summed E-state index contributed by atoms with van der Waals surface area (Å²) in [6.07, 6.45) is 2.71. The first kappa shape index (κ1) is 12.0. The maximum atomic E-state index is 11.3. The van der Waals surface area contributed by atoms with Crippen LogP contribution in [0, 0.1) is 11.3 Å². The molecule has 0 saturated carbocycles. The van der Waals surface area contributed by atoms with Crippen molar-refractivity contribution in [3.05, 3.63) is 18.1 Å². The van der Waals surface area contributed by atoms with Gasteiger partial charge in [-0.3, -0.25) is 0 Å². The van der Waals surface area contributed by atoms with Gasteiger partial charge in [-0.05, 0) is 6.92 Å². The van der Waals surface area contributed by atoms with E-state index in [0.29, 0.717) is 10.1 Å². The molecule has 2 aromatic rings. The second kappa shape index (κ2) is 5.24. The van der Waals surface area contributed by atoms with Crippen LogP contribution in [-0.4, -0.2) is 32.4 Å². The van der Waals surface area contributed by atoms with Crippen molar-refractivity contribution in [1.29, 1.82) is 5.26 Å². The molecule has 8 nitrogen and oxygen atoms in total. The van der Waals surface area contributed by atoms with Crippen LogP contribution in [0.25, 0.3) is 4.96 Å². The van der Waals surface area contributed by atoms with E-state index in [4.69, 9.17) is 10.00 Å². The topological polar surface area (TPSA) is 105 Å². The van der Waals surface area contributed by atoms with E-state index in [2.05, 4.69) is 20.6 Å². The zero-order chi connectivity index (χ0) is 13.0. The predicted octanol–water partition coefficient (Wildman–Crippen LogP) is 0.568. The molecule has 0 bridgehead atoms. The minimum Gasteiger partial charge on any atom is -0.462 e. The number of esters is 1. The molecule has 0 unspecified atom stereocenters. The average molecular weight is 264 g/mol. The molecule has 2 heterocycles. The van der Waals surface area contributed by atoms with Gasteiger partial charge >= 0.3 is 5.97 Å². The Morgan fingerprint density at radius 3 is 3.28 bits per heavy atom. The average Bonchev–Trinajstić information content (AvgIpc) is 2.90. The molecular weight excluding hydrogens is 256 g/mol. The highest BCUT2D eigenvalue weighted by Crippen LogP contribution is 2.16. The number of nitriles is 1. The largest absolute Gasteiger partial charge is 0.462 e. The standard InChI is InChI=1S/C9H8N6O2S/c1-2-17-7(16)6(3-10)4-11-8-14-15-5-12-13-9(15)18-8/h4-5H,2H2,1H3,(H,11,14)/b6-4+. The number of carbonyl (C=O) groups is 1. The van der Waals surface area contributed by atoms with Crippen molar-refractivity contribution in [2.24, 2.45) is 0 Å². The first-order valence-corrected chi connectivity index (χ1v) is 5.77. The van der Waals surface area contributed by atoms with Crippen molar-refractivity contribution in [3.8, 4) is 6.07 Å². The van der Waals surface area contributed by atoms with Crippen LogP contribution >= 0.6 is 11.3 Å². The van der Waals surface area contributed by atoms with Gasteiger partial charge < -0.3 is 10.1 Å². The number of rotatable bonds is 4. The van der Waals surface area contributed by atoms with E-state index in [0.717, 1.165) is 0 Å². The maximum Gasteiger partial charge on any atom is 0.350 e. The van der Waals surface area contributed by atoms with Gasteiger partial charge in [0, 0.05) is 6.20 Å². The summed E-state index contributed by atoms with van der Waals surface area (Å²) in [5.41, 5.74) is -0.122. The molecule has 18 heavy (non-hydrogen) atoms. The fraction of sp³-hybridized carbons (Fsp3) is 0.222. The fourth-order valence-electron chi connectivity index (χ4n) is 1.10. The van der Waals surface area contributed by atoms with Crippen molar-refractivity contribution >= 4 is 27.4 Å². The molecule has 0 amide bonds. The number of anilines is 1. The summed E-state index contributed by atoms with van der Waals surface area (Å²) in [5, 5.41) is 23.6. The van der Waals surface area contributed by atoms with Crippen molar-refractivity contribution in [2.45, 2.75) is 6.92 Å². The van der Waals surface area contributed by atoms with Gasteiger partial charge in [0.1, 0.15) is 12.4 Å². The van der Waals surface area contributed by atoms with E-state index >= 15 is 0 Å². The van der Waals surface area contributed by atoms with Gasteiger partial charge in [0.2, 0.25) is 10.1 Å². The lowest BCUT2D eigenvalue weighted by atomic mass is 10.3. The Balaban J connectivity index is 2.11. The Hall–Kier alpha value is -2.47. The zero-order valence-corrected chi connectivity index (χ0v) is 10.1. The number of nitrogens with one attached hydrogen (secondary N) is 1. The Bertz CT molecular complexity index is 608. The van der Waals surface area contributed by atoms with E-state index in [1.54, 1.807) is 13.0 Å². The molecule has 2 aromatic heterocycles. The van der Waals surface area contributed by atoms with Crippen LogP contribution in [0.1, 0.15) is 6.92 Å². The molecule has 92 valence electrons. The smallest absolute Gasteiger partial charge is 0.350 e. The Morgan fingerprint density at radius 1 is 1.78 bits per heavy atom. The molecular formula is C9H8N6O2S. The molecule has 0 aliphatic carbocycles. The Labute approximate surface area is 106 Å². The molecule has 0 aromatic carbocycles. The third-order valence-corrected chi connectivity index (χ3v) is 2.69. The lowest BCUT2D eigenvalue weighted by Gasteiger charge is -1.99. The van der Waals surface area contributed by atoms with Crippen LogP contribution < -0.4 is 5.32 Å². The highest BCUT2D eigenvalue weighted by molar-refractivity contribution is 7.20. The molecule has 9 heteroatoms. The van der Waals surface area contributed by atoms with Crippen LogP contribution in [0.5, 0.6) is 0 Å². The highest BCUT2D eigenvalue weighted by Gasteiger charge is 2.10. The molecule has 0 fully saturated rings. The van der Waals surface area contributed by atoms with Crippen LogP contribution in [0.4, 0.5) is 5.13 Å². The van der Waals surface area contributed by atoms with Gasteiger partial charge in [-0.25, -0.2) is 4.79 Å². The molecule has 0 radical (unpaired) electrons. The SMILES string of the molecule is CCOC(=O)/C(C#N)=C/Nc1nn2cnnc2s1. The summed E-state index contributed by atoms with van der Waals surface area (Å²) in [6, 6.07) is 1.75. The quantitative estimate of drug-likeness (QED) is 0.488. The number of fused-ring (bicyclic) bond motifs is 1. The summed E-state index contributed by atoms with van der Waals surface area (Å²) in [6.45, 7) is 1.89. The lowest BCUT2D eigenvalue weighted by Crippen LogP contribution is -2.07. The van der Waals surface area contributed by atoms with E-state index in [9.17, 15) is 4.79 Å². The summed E-state index contributed by atoms with van der Waals surface area (Å²) >= 11 is 1.24. The van der Waals surface area contributed by atoms with Crippen molar-refractivity contribution < 1.29 is 9.53 Å². The monoisotopic (exact) mass is 264 g/mol. The third-order valence-electron chi connectivity index (χ3n) is 1.84. The highest BCUT2D eigenvalue weighted by atomic mass is 32.1. The third kappa shape index (κ3) is 2.44. The number of carbonyl (C=O) groups excluding carboxylic acids is 1. The minimum atomic E-state index is -0.671. The number of hydrogen-bond donors (Lipinski definition) is 1.